The van der Waals surface area contributed by atoms with Crippen LogP contribution in [0.3, 0.4) is 0 Å². The van der Waals surface area contributed by atoms with Crippen LogP contribution in [0, 0.1) is 11.3 Å². The van der Waals surface area contributed by atoms with Gasteiger partial charge in [-0.1, -0.05) is 149 Å². The SMILES string of the molecule is CCCCCCCCCCCOC(=O)CCCCCN1CC(OC(=O)CCN(C)C)C[C@H]1C(=O)OCCCCCCC(C)(C)C(=O)OCCCC(CCCCC)CCCCC. The molecule has 0 saturated carbocycles. The molecule has 2 atom stereocenters. The summed E-state index contributed by atoms with van der Waals surface area (Å²) in [5, 5.41) is 0. The van der Waals surface area contributed by atoms with Gasteiger partial charge in [0.15, 0.2) is 0 Å². The molecule has 1 aliphatic rings. The molecule has 0 bridgehead atoms. The molecule has 0 spiro atoms. The molecule has 1 fully saturated rings. The Labute approximate surface area is 375 Å². The lowest BCUT2D eigenvalue weighted by Crippen LogP contribution is -2.38. The van der Waals surface area contributed by atoms with Crippen molar-refractivity contribution in [2.24, 2.45) is 11.3 Å². The number of nitrogens with zero attached hydrogens (tertiary/aromatic N) is 2. The highest BCUT2D eigenvalue weighted by molar-refractivity contribution is 5.77. The van der Waals surface area contributed by atoms with Crippen molar-refractivity contribution >= 4 is 23.9 Å². The number of hydrogen-bond acceptors (Lipinski definition) is 10. The zero-order chi connectivity index (χ0) is 45.0. The van der Waals surface area contributed by atoms with Crippen LogP contribution in [-0.2, 0) is 38.1 Å². The van der Waals surface area contributed by atoms with E-state index in [1.54, 1.807) is 0 Å². The smallest absolute Gasteiger partial charge is 0.323 e. The maximum atomic E-state index is 13.4. The number of esters is 4. The topological polar surface area (TPSA) is 112 Å². The van der Waals surface area contributed by atoms with Gasteiger partial charge < -0.3 is 23.8 Å². The van der Waals surface area contributed by atoms with E-state index in [1.807, 2.05) is 32.8 Å². The van der Waals surface area contributed by atoms with Crippen LogP contribution in [0.25, 0.3) is 0 Å². The number of ether oxygens (including phenoxy) is 4. The Bertz CT molecular complexity index is 1100. The minimum atomic E-state index is -0.512. The van der Waals surface area contributed by atoms with Crippen LogP contribution >= 0.6 is 0 Å². The largest absolute Gasteiger partial charge is 0.466 e. The van der Waals surface area contributed by atoms with E-state index in [4.69, 9.17) is 18.9 Å². The summed E-state index contributed by atoms with van der Waals surface area (Å²) in [6, 6.07) is -0.451. The third kappa shape index (κ3) is 30.5. The molecule has 0 aliphatic carbocycles. The highest BCUT2D eigenvalue weighted by atomic mass is 16.6. The molecular weight excluding hydrogens is 769 g/mol. The zero-order valence-corrected chi connectivity index (χ0v) is 40.8. The molecule has 0 radical (unpaired) electrons. The molecule has 1 saturated heterocycles. The second-order valence-corrected chi connectivity index (χ2v) is 19.1. The number of hydrogen-bond donors (Lipinski definition) is 0. The van der Waals surface area contributed by atoms with Gasteiger partial charge in [-0.3, -0.25) is 24.1 Å². The van der Waals surface area contributed by atoms with Gasteiger partial charge in [0.05, 0.1) is 31.7 Å². The molecule has 0 amide bonds. The standard InChI is InChI=1S/C51H96N2O8/c1-8-11-14-15-16-17-18-20-28-39-58-47(54)34-25-22-27-37-53-43-45(61-48(55)35-38-52(6)7)42-46(53)49(56)59-40-29-21-19-26-36-51(4,5)50(57)60-41-30-33-44(31-23-12-9-2)32-24-13-10-3/h44-46H,8-43H2,1-7H3/t45?,46-/m0/s1. The van der Waals surface area contributed by atoms with Crippen molar-refractivity contribution in [2.75, 3.05) is 53.6 Å². The second-order valence-electron chi connectivity index (χ2n) is 19.1. The molecule has 0 aromatic heterocycles. The molecule has 0 aromatic carbocycles. The lowest BCUT2D eigenvalue weighted by Gasteiger charge is -2.23. The van der Waals surface area contributed by atoms with Crippen LogP contribution in [0.1, 0.15) is 227 Å². The first kappa shape index (κ1) is 56.8. The van der Waals surface area contributed by atoms with E-state index < -0.39 is 11.5 Å². The summed E-state index contributed by atoms with van der Waals surface area (Å²) in [4.78, 5) is 55.2. The fourth-order valence-electron chi connectivity index (χ4n) is 8.36. The Hall–Kier alpha value is -2.20. The number of unbranched alkanes of at least 4 members (excludes halogenated alkanes) is 17. The van der Waals surface area contributed by atoms with Gasteiger partial charge in [-0.05, 0) is 85.4 Å². The maximum absolute atomic E-state index is 13.4. The van der Waals surface area contributed by atoms with Crippen molar-refractivity contribution in [3.63, 3.8) is 0 Å². The van der Waals surface area contributed by atoms with E-state index in [2.05, 4.69) is 25.7 Å². The van der Waals surface area contributed by atoms with Gasteiger partial charge in [-0.15, -0.1) is 0 Å². The van der Waals surface area contributed by atoms with Crippen molar-refractivity contribution in [1.82, 2.24) is 9.80 Å². The van der Waals surface area contributed by atoms with Crippen LogP contribution < -0.4 is 0 Å². The summed E-state index contributed by atoms with van der Waals surface area (Å²) in [6.45, 7) is 13.9. The number of likely N-dealkylation sites (tertiary alicyclic amines) is 1. The van der Waals surface area contributed by atoms with E-state index >= 15 is 0 Å². The van der Waals surface area contributed by atoms with Crippen molar-refractivity contribution < 1.29 is 38.1 Å². The Morgan fingerprint density at radius 2 is 1.11 bits per heavy atom. The molecule has 358 valence electrons. The summed E-state index contributed by atoms with van der Waals surface area (Å²) < 4.78 is 22.8. The lowest BCUT2D eigenvalue weighted by molar-refractivity contribution is -0.154. The predicted molar refractivity (Wildman–Crippen MR) is 249 cm³/mol. The zero-order valence-electron chi connectivity index (χ0n) is 40.8. The maximum Gasteiger partial charge on any atom is 0.323 e. The molecule has 0 N–H and O–H groups in total. The summed E-state index contributed by atoms with van der Waals surface area (Å²) in [7, 11) is 3.85. The van der Waals surface area contributed by atoms with Crippen molar-refractivity contribution in [2.45, 2.75) is 239 Å². The Kier molecular flexibility index (Phi) is 34.7. The van der Waals surface area contributed by atoms with Gasteiger partial charge in [0.25, 0.3) is 0 Å². The average molecular weight is 865 g/mol. The van der Waals surface area contributed by atoms with Gasteiger partial charge in [0.2, 0.25) is 0 Å². The van der Waals surface area contributed by atoms with E-state index in [9.17, 15) is 19.2 Å². The number of carbonyl (C=O) groups excluding carboxylic acids is 4. The highest BCUT2D eigenvalue weighted by Gasteiger charge is 2.39. The second kappa shape index (κ2) is 37.2. The monoisotopic (exact) mass is 865 g/mol. The van der Waals surface area contributed by atoms with Gasteiger partial charge in [0.1, 0.15) is 12.1 Å². The normalized spacial score (nSPS) is 15.8. The van der Waals surface area contributed by atoms with Gasteiger partial charge in [-0.25, -0.2) is 0 Å². The van der Waals surface area contributed by atoms with E-state index in [0.29, 0.717) is 58.7 Å². The van der Waals surface area contributed by atoms with Crippen molar-refractivity contribution in [1.29, 1.82) is 0 Å². The van der Waals surface area contributed by atoms with Crippen LogP contribution in [0.4, 0.5) is 0 Å². The highest BCUT2D eigenvalue weighted by Crippen LogP contribution is 2.28. The summed E-state index contributed by atoms with van der Waals surface area (Å²) in [5.41, 5.74) is -0.512. The number of carbonyl (C=O) groups is 4. The van der Waals surface area contributed by atoms with Crippen molar-refractivity contribution in [3.8, 4) is 0 Å². The van der Waals surface area contributed by atoms with E-state index in [-0.39, 0.29) is 30.0 Å². The first-order chi connectivity index (χ1) is 29.4. The molecule has 1 aliphatic heterocycles. The Morgan fingerprint density at radius 3 is 1.74 bits per heavy atom. The molecule has 1 unspecified atom stereocenters. The third-order valence-corrected chi connectivity index (χ3v) is 12.5. The molecule has 0 aromatic rings. The fraction of sp³-hybridized carbons (Fsp3) is 0.922. The molecule has 1 heterocycles. The molecule has 10 nitrogen and oxygen atoms in total. The quantitative estimate of drug-likeness (QED) is 0.0334. The first-order valence-electron chi connectivity index (χ1n) is 25.5. The van der Waals surface area contributed by atoms with Crippen LogP contribution in [0.5, 0.6) is 0 Å². The van der Waals surface area contributed by atoms with Gasteiger partial charge >= 0.3 is 23.9 Å². The number of rotatable bonds is 41. The predicted octanol–water partition coefficient (Wildman–Crippen LogP) is 12.2. The molecular formula is C51H96N2O8. The summed E-state index contributed by atoms with van der Waals surface area (Å²) in [5.74, 6) is 0.0197. The fourth-order valence-corrected chi connectivity index (χ4v) is 8.36. The van der Waals surface area contributed by atoms with Crippen LogP contribution in [-0.4, -0.2) is 99.4 Å². The van der Waals surface area contributed by atoms with Crippen LogP contribution in [0.2, 0.25) is 0 Å². The Balaban J connectivity index is 2.39. The Morgan fingerprint density at radius 1 is 0.590 bits per heavy atom. The van der Waals surface area contributed by atoms with Crippen molar-refractivity contribution in [3.05, 3.63) is 0 Å². The van der Waals surface area contributed by atoms with E-state index in [1.165, 1.54) is 96.3 Å². The third-order valence-electron chi connectivity index (χ3n) is 12.5. The van der Waals surface area contributed by atoms with Gasteiger partial charge in [-0.2, -0.15) is 0 Å². The summed E-state index contributed by atoms with van der Waals surface area (Å²) in [6.07, 6.45) is 31.1. The average Bonchev–Trinajstić information content (AvgIpc) is 3.63. The molecule has 10 heteroatoms. The minimum Gasteiger partial charge on any atom is -0.466 e. The summed E-state index contributed by atoms with van der Waals surface area (Å²) >= 11 is 0. The lowest BCUT2D eigenvalue weighted by atomic mass is 9.87. The minimum absolute atomic E-state index is 0.0974. The van der Waals surface area contributed by atoms with E-state index in [0.717, 1.165) is 83.0 Å². The van der Waals surface area contributed by atoms with Gasteiger partial charge in [0, 0.05) is 25.9 Å². The first-order valence-corrected chi connectivity index (χ1v) is 25.5. The van der Waals surface area contributed by atoms with Crippen LogP contribution in [0.15, 0.2) is 0 Å². The molecule has 1 rings (SSSR count). The molecule has 61 heavy (non-hydrogen) atoms.